The smallest absolute Gasteiger partial charge is 0.409 e. The summed E-state index contributed by atoms with van der Waals surface area (Å²) < 4.78 is 10.3. The number of carbonyl (C=O) groups is 2. The summed E-state index contributed by atoms with van der Waals surface area (Å²) in [7, 11) is 0. The number of hydrogen-bond donors (Lipinski definition) is 1. The quantitative estimate of drug-likeness (QED) is 0.902. The molecule has 1 aliphatic rings. The molecule has 8 heteroatoms. The lowest BCUT2D eigenvalue weighted by Crippen LogP contribution is -2.46. The van der Waals surface area contributed by atoms with E-state index in [0.717, 1.165) is 4.88 Å². The summed E-state index contributed by atoms with van der Waals surface area (Å²) in [6, 6.07) is 3.65. The van der Waals surface area contributed by atoms with E-state index in [1.54, 1.807) is 24.2 Å². The van der Waals surface area contributed by atoms with Gasteiger partial charge >= 0.3 is 6.09 Å². The van der Waals surface area contributed by atoms with E-state index >= 15 is 0 Å². The minimum absolute atomic E-state index is 0.0336. The van der Waals surface area contributed by atoms with E-state index in [9.17, 15) is 9.59 Å². The van der Waals surface area contributed by atoms with Gasteiger partial charge in [-0.1, -0.05) is 0 Å². The van der Waals surface area contributed by atoms with Crippen LogP contribution in [0.1, 0.15) is 35.1 Å². The number of piperidine rings is 1. The second kappa shape index (κ2) is 7.69. The SMILES string of the molecule is CCOC(=O)N1CCC(NC(=O)c2nc(-c3ccco3)sc2C)CC1. The van der Waals surface area contributed by atoms with Crippen LogP contribution in [0.25, 0.3) is 10.8 Å². The van der Waals surface area contributed by atoms with Crippen molar-refractivity contribution in [1.82, 2.24) is 15.2 Å². The lowest BCUT2D eigenvalue weighted by atomic mass is 10.1. The molecular weight excluding hydrogens is 342 g/mol. The predicted octanol–water partition coefficient (Wildman–Crippen LogP) is 3.06. The molecular formula is C17H21N3O4S. The van der Waals surface area contributed by atoms with Crippen LogP contribution < -0.4 is 5.32 Å². The number of amides is 2. The van der Waals surface area contributed by atoms with Crippen LogP contribution in [0.15, 0.2) is 22.8 Å². The van der Waals surface area contributed by atoms with Crippen LogP contribution in [0.5, 0.6) is 0 Å². The zero-order chi connectivity index (χ0) is 17.8. The molecule has 2 aromatic heterocycles. The van der Waals surface area contributed by atoms with Crippen molar-refractivity contribution < 1.29 is 18.7 Å². The molecule has 3 rings (SSSR count). The Balaban J connectivity index is 1.58. The number of carbonyl (C=O) groups excluding carboxylic acids is 2. The van der Waals surface area contributed by atoms with Gasteiger partial charge < -0.3 is 19.4 Å². The number of thiazole rings is 1. The number of nitrogens with zero attached hydrogens (tertiary/aromatic N) is 2. The highest BCUT2D eigenvalue weighted by Gasteiger charge is 2.26. The maximum atomic E-state index is 12.5. The van der Waals surface area contributed by atoms with Gasteiger partial charge in [0.1, 0.15) is 5.69 Å². The van der Waals surface area contributed by atoms with E-state index < -0.39 is 0 Å². The average molecular weight is 363 g/mol. The molecule has 7 nitrogen and oxygen atoms in total. The number of likely N-dealkylation sites (tertiary alicyclic amines) is 1. The van der Waals surface area contributed by atoms with Gasteiger partial charge in [0.15, 0.2) is 10.8 Å². The highest BCUT2D eigenvalue weighted by atomic mass is 32.1. The first-order valence-corrected chi connectivity index (χ1v) is 9.14. The van der Waals surface area contributed by atoms with Gasteiger partial charge in [0.2, 0.25) is 0 Å². The summed E-state index contributed by atoms with van der Waals surface area (Å²) in [5.74, 6) is 0.482. The summed E-state index contributed by atoms with van der Waals surface area (Å²) in [6.07, 6.45) is 2.71. The molecule has 3 heterocycles. The summed E-state index contributed by atoms with van der Waals surface area (Å²) in [5.41, 5.74) is 0.434. The summed E-state index contributed by atoms with van der Waals surface area (Å²) in [6.45, 7) is 5.20. The summed E-state index contributed by atoms with van der Waals surface area (Å²) >= 11 is 1.44. The Labute approximate surface area is 150 Å². The van der Waals surface area contributed by atoms with Crippen molar-refractivity contribution in [3.8, 4) is 10.8 Å². The molecule has 1 N–H and O–H groups in total. The number of ether oxygens (including phenoxy) is 1. The second-order valence-corrected chi connectivity index (χ2v) is 7.04. The van der Waals surface area contributed by atoms with Crippen molar-refractivity contribution in [2.24, 2.45) is 0 Å². The maximum Gasteiger partial charge on any atom is 0.409 e. The zero-order valence-corrected chi connectivity index (χ0v) is 15.1. The molecule has 2 aromatic rings. The van der Waals surface area contributed by atoms with Gasteiger partial charge in [0.05, 0.1) is 12.9 Å². The number of aryl methyl sites for hydroxylation is 1. The molecule has 134 valence electrons. The number of nitrogens with one attached hydrogen (secondary N) is 1. The van der Waals surface area contributed by atoms with Crippen molar-refractivity contribution >= 4 is 23.3 Å². The molecule has 1 fully saturated rings. The average Bonchev–Trinajstić information content (AvgIpc) is 3.25. The van der Waals surface area contributed by atoms with E-state index in [4.69, 9.17) is 9.15 Å². The van der Waals surface area contributed by atoms with E-state index in [0.29, 0.717) is 49.0 Å². The Kier molecular flexibility index (Phi) is 5.37. The Morgan fingerprint density at radius 2 is 2.20 bits per heavy atom. The lowest BCUT2D eigenvalue weighted by Gasteiger charge is -2.31. The molecule has 25 heavy (non-hydrogen) atoms. The van der Waals surface area contributed by atoms with E-state index in [-0.39, 0.29) is 18.0 Å². The molecule has 0 aliphatic carbocycles. The van der Waals surface area contributed by atoms with Crippen LogP contribution in [0.2, 0.25) is 0 Å². The summed E-state index contributed by atoms with van der Waals surface area (Å²) in [5, 5.41) is 3.72. The molecule has 1 aliphatic heterocycles. The van der Waals surface area contributed by atoms with Crippen molar-refractivity contribution in [1.29, 1.82) is 0 Å². The third kappa shape index (κ3) is 4.01. The molecule has 0 unspecified atom stereocenters. The molecule has 0 aromatic carbocycles. The standard InChI is InChI=1S/C17H21N3O4S/c1-3-23-17(22)20-8-6-12(7-9-20)18-15(21)14-11(2)25-16(19-14)13-5-4-10-24-13/h4-5,10,12H,3,6-9H2,1-2H3,(H,18,21). The van der Waals surface area contributed by atoms with Crippen LogP contribution in [0.3, 0.4) is 0 Å². The Hall–Kier alpha value is -2.35. The van der Waals surface area contributed by atoms with Crippen LogP contribution in [-0.4, -0.2) is 47.6 Å². The molecule has 1 saturated heterocycles. The maximum absolute atomic E-state index is 12.5. The minimum atomic E-state index is -0.286. The first kappa shape index (κ1) is 17.5. The highest BCUT2D eigenvalue weighted by molar-refractivity contribution is 7.15. The van der Waals surface area contributed by atoms with Crippen molar-refractivity contribution in [3.63, 3.8) is 0 Å². The van der Waals surface area contributed by atoms with Gasteiger partial charge in [-0.3, -0.25) is 4.79 Å². The molecule has 0 bridgehead atoms. The van der Waals surface area contributed by atoms with Gasteiger partial charge in [0.25, 0.3) is 5.91 Å². The van der Waals surface area contributed by atoms with Crippen molar-refractivity contribution in [2.75, 3.05) is 19.7 Å². The first-order chi connectivity index (χ1) is 12.1. The van der Waals surface area contributed by atoms with Gasteiger partial charge in [-0.25, -0.2) is 9.78 Å². The Morgan fingerprint density at radius 3 is 2.84 bits per heavy atom. The minimum Gasteiger partial charge on any atom is -0.462 e. The summed E-state index contributed by atoms with van der Waals surface area (Å²) in [4.78, 5) is 31.2. The zero-order valence-electron chi connectivity index (χ0n) is 14.3. The monoisotopic (exact) mass is 363 g/mol. The first-order valence-electron chi connectivity index (χ1n) is 8.32. The molecule has 0 radical (unpaired) electrons. The Morgan fingerprint density at radius 1 is 1.44 bits per heavy atom. The third-order valence-electron chi connectivity index (χ3n) is 4.10. The Bertz CT molecular complexity index is 733. The van der Waals surface area contributed by atoms with Crippen molar-refractivity contribution in [3.05, 3.63) is 29.0 Å². The highest BCUT2D eigenvalue weighted by Crippen LogP contribution is 2.28. The van der Waals surface area contributed by atoms with Crippen LogP contribution >= 0.6 is 11.3 Å². The van der Waals surface area contributed by atoms with Crippen LogP contribution in [0, 0.1) is 6.92 Å². The number of hydrogen-bond acceptors (Lipinski definition) is 6. The molecule has 0 saturated carbocycles. The second-order valence-electron chi connectivity index (χ2n) is 5.83. The van der Waals surface area contributed by atoms with Crippen LogP contribution in [-0.2, 0) is 4.74 Å². The number of rotatable bonds is 4. The fourth-order valence-corrected chi connectivity index (χ4v) is 3.67. The van der Waals surface area contributed by atoms with E-state index in [1.165, 1.54) is 11.3 Å². The normalized spacial score (nSPS) is 15.2. The molecule has 0 atom stereocenters. The van der Waals surface area contributed by atoms with Gasteiger partial charge in [-0.2, -0.15) is 0 Å². The van der Waals surface area contributed by atoms with Gasteiger partial charge in [-0.05, 0) is 38.8 Å². The predicted molar refractivity (Wildman–Crippen MR) is 93.6 cm³/mol. The molecule has 0 spiro atoms. The van der Waals surface area contributed by atoms with Crippen LogP contribution in [0.4, 0.5) is 4.79 Å². The lowest BCUT2D eigenvalue weighted by molar-refractivity contribution is 0.0857. The largest absolute Gasteiger partial charge is 0.462 e. The van der Waals surface area contributed by atoms with E-state index in [2.05, 4.69) is 10.3 Å². The third-order valence-corrected chi connectivity index (χ3v) is 5.09. The number of furan rings is 1. The topological polar surface area (TPSA) is 84.7 Å². The fourth-order valence-electron chi connectivity index (χ4n) is 2.79. The van der Waals surface area contributed by atoms with Gasteiger partial charge in [-0.15, -0.1) is 11.3 Å². The fraction of sp³-hybridized carbons (Fsp3) is 0.471. The van der Waals surface area contributed by atoms with Gasteiger partial charge in [0, 0.05) is 24.0 Å². The van der Waals surface area contributed by atoms with Crippen molar-refractivity contribution in [2.45, 2.75) is 32.7 Å². The molecule has 2 amide bonds. The van der Waals surface area contributed by atoms with E-state index in [1.807, 2.05) is 13.0 Å². The number of aromatic nitrogens is 1.